The molecule has 2 fully saturated rings. The van der Waals surface area contributed by atoms with Gasteiger partial charge in [-0.15, -0.1) is 0 Å². The van der Waals surface area contributed by atoms with Gasteiger partial charge in [0.05, 0.1) is 4.90 Å². The minimum absolute atomic E-state index is 0.0560. The van der Waals surface area contributed by atoms with Gasteiger partial charge in [-0.3, -0.25) is 9.69 Å². The minimum Gasteiger partial charge on any atom is -0.461 e. The van der Waals surface area contributed by atoms with Gasteiger partial charge >= 0.3 is 5.97 Å². The lowest BCUT2D eigenvalue weighted by Crippen LogP contribution is -2.53. The molecule has 7 heteroatoms. The first-order valence-corrected chi connectivity index (χ1v) is 9.75. The molecule has 2 aliphatic rings. The van der Waals surface area contributed by atoms with E-state index in [0.717, 1.165) is 11.1 Å². The highest BCUT2D eigenvalue weighted by molar-refractivity contribution is 7.89. The number of benzene rings is 1. The number of hydrogen-bond donors (Lipinski definition) is 0. The molecule has 0 aliphatic carbocycles. The number of aryl methyl sites for hydroxylation is 2. The van der Waals surface area contributed by atoms with Crippen LogP contribution in [-0.4, -0.2) is 61.9 Å². The molecule has 1 aromatic carbocycles. The Morgan fingerprint density at radius 2 is 1.79 bits per heavy atom. The molecule has 3 rings (SSSR count). The summed E-state index contributed by atoms with van der Waals surface area (Å²) in [6.45, 7) is 7.56. The summed E-state index contributed by atoms with van der Waals surface area (Å²) >= 11 is 0. The molecule has 2 unspecified atom stereocenters. The van der Waals surface area contributed by atoms with Crippen LogP contribution in [0.5, 0.6) is 0 Å². The van der Waals surface area contributed by atoms with Crippen molar-refractivity contribution in [2.24, 2.45) is 0 Å². The highest BCUT2D eigenvalue weighted by Crippen LogP contribution is 2.25. The molecule has 0 saturated carbocycles. The maximum atomic E-state index is 12.9. The Kier molecular flexibility index (Phi) is 4.68. The molecule has 0 bridgehead atoms. The molecule has 0 N–H and O–H groups in total. The maximum Gasteiger partial charge on any atom is 0.323 e. The van der Waals surface area contributed by atoms with Crippen LogP contribution in [0.1, 0.15) is 24.5 Å². The number of piperazine rings is 1. The fourth-order valence-corrected chi connectivity index (χ4v) is 5.15. The lowest BCUT2D eigenvalue weighted by Gasteiger charge is -2.36. The number of esters is 1. The number of nitrogens with zero attached hydrogens (tertiary/aromatic N) is 2. The van der Waals surface area contributed by atoms with Crippen LogP contribution in [0.2, 0.25) is 0 Å². The molecule has 1 aromatic rings. The number of sulfonamides is 1. The average Bonchev–Trinajstić information content (AvgIpc) is 2.85. The second-order valence-corrected chi connectivity index (χ2v) is 8.61. The number of cyclic esters (lactones) is 1. The first-order chi connectivity index (χ1) is 11.3. The SMILES string of the molecule is Cc1ccc(S(=O)(=O)N2CCN(C3CC(C)OC3=O)CC2)c(C)c1. The van der Waals surface area contributed by atoms with Gasteiger partial charge in [-0.1, -0.05) is 17.7 Å². The van der Waals surface area contributed by atoms with E-state index in [4.69, 9.17) is 4.74 Å². The second-order valence-electron chi connectivity index (χ2n) is 6.71. The van der Waals surface area contributed by atoms with Crippen molar-refractivity contribution in [2.75, 3.05) is 26.2 Å². The van der Waals surface area contributed by atoms with Crippen molar-refractivity contribution in [1.82, 2.24) is 9.21 Å². The van der Waals surface area contributed by atoms with E-state index in [-0.39, 0.29) is 18.1 Å². The van der Waals surface area contributed by atoms with E-state index in [1.54, 1.807) is 6.07 Å². The van der Waals surface area contributed by atoms with Gasteiger partial charge in [0.15, 0.2) is 0 Å². The Bertz CT molecular complexity index is 739. The molecule has 2 aliphatic heterocycles. The van der Waals surface area contributed by atoms with Crippen molar-refractivity contribution in [3.63, 3.8) is 0 Å². The molecular formula is C17H24N2O4S. The van der Waals surface area contributed by atoms with Crippen molar-refractivity contribution in [1.29, 1.82) is 0 Å². The summed E-state index contributed by atoms with van der Waals surface area (Å²) in [7, 11) is -3.49. The van der Waals surface area contributed by atoms with Gasteiger partial charge in [0.25, 0.3) is 0 Å². The average molecular weight is 352 g/mol. The van der Waals surface area contributed by atoms with Crippen molar-refractivity contribution in [2.45, 2.75) is 44.2 Å². The van der Waals surface area contributed by atoms with Crippen molar-refractivity contribution in [3.8, 4) is 0 Å². The van der Waals surface area contributed by atoms with E-state index in [9.17, 15) is 13.2 Å². The largest absolute Gasteiger partial charge is 0.461 e. The van der Waals surface area contributed by atoms with E-state index in [2.05, 4.69) is 0 Å². The number of carbonyl (C=O) groups excluding carboxylic acids is 1. The van der Waals surface area contributed by atoms with Crippen molar-refractivity contribution < 1.29 is 17.9 Å². The fraction of sp³-hybridized carbons (Fsp3) is 0.588. The van der Waals surface area contributed by atoms with Crippen LogP contribution in [-0.2, 0) is 19.6 Å². The number of rotatable bonds is 3. The van der Waals surface area contributed by atoms with E-state index in [0.29, 0.717) is 37.5 Å². The zero-order valence-corrected chi connectivity index (χ0v) is 15.2. The van der Waals surface area contributed by atoms with Crippen LogP contribution in [0.15, 0.2) is 23.1 Å². The molecule has 6 nitrogen and oxygen atoms in total. The topological polar surface area (TPSA) is 66.9 Å². The standard InChI is InChI=1S/C17H24N2O4S/c1-12-4-5-16(13(2)10-12)24(21,22)19-8-6-18(7-9-19)15-11-14(3)23-17(15)20/h4-5,10,14-15H,6-9,11H2,1-3H3. The van der Waals surface area contributed by atoms with Gasteiger partial charge in [-0.25, -0.2) is 8.42 Å². The van der Waals surface area contributed by atoms with Crippen molar-refractivity contribution in [3.05, 3.63) is 29.3 Å². The van der Waals surface area contributed by atoms with Crippen LogP contribution < -0.4 is 0 Å². The third-order valence-corrected chi connectivity index (χ3v) is 6.87. The summed E-state index contributed by atoms with van der Waals surface area (Å²) in [5, 5.41) is 0. The summed E-state index contributed by atoms with van der Waals surface area (Å²) in [5.41, 5.74) is 1.82. The third-order valence-electron chi connectivity index (χ3n) is 4.81. The molecule has 0 aromatic heterocycles. The van der Waals surface area contributed by atoms with Crippen LogP contribution >= 0.6 is 0 Å². The highest BCUT2D eigenvalue weighted by Gasteiger charge is 2.39. The fourth-order valence-electron chi connectivity index (χ4n) is 3.52. The molecule has 0 amide bonds. The Hall–Kier alpha value is -1.44. The summed E-state index contributed by atoms with van der Waals surface area (Å²) in [6, 6.07) is 5.17. The van der Waals surface area contributed by atoms with Crippen LogP contribution in [0.3, 0.4) is 0 Å². The molecular weight excluding hydrogens is 328 g/mol. The zero-order valence-electron chi connectivity index (χ0n) is 14.4. The van der Waals surface area contributed by atoms with E-state index in [1.165, 1.54) is 4.31 Å². The summed E-state index contributed by atoms with van der Waals surface area (Å²) in [6.07, 6.45) is 0.627. The van der Waals surface area contributed by atoms with Gasteiger partial charge < -0.3 is 4.74 Å². The maximum absolute atomic E-state index is 12.9. The van der Waals surface area contributed by atoms with Crippen LogP contribution in [0.4, 0.5) is 0 Å². The molecule has 2 atom stereocenters. The van der Waals surface area contributed by atoms with E-state index in [1.807, 2.05) is 37.8 Å². The number of carbonyl (C=O) groups is 1. The lowest BCUT2D eigenvalue weighted by atomic mass is 10.1. The Labute approximate surface area is 143 Å². The highest BCUT2D eigenvalue weighted by atomic mass is 32.2. The monoisotopic (exact) mass is 352 g/mol. The van der Waals surface area contributed by atoms with E-state index < -0.39 is 10.0 Å². The molecule has 24 heavy (non-hydrogen) atoms. The van der Waals surface area contributed by atoms with Gasteiger partial charge in [0, 0.05) is 32.6 Å². The predicted octanol–water partition coefficient (Wildman–Crippen LogP) is 1.31. The molecule has 2 heterocycles. The quantitative estimate of drug-likeness (QED) is 0.768. The van der Waals surface area contributed by atoms with Gasteiger partial charge in [-0.05, 0) is 32.4 Å². The third kappa shape index (κ3) is 3.20. The smallest absolute Gasteiger partial charge is 0.323 e. The summed E-state index contributed by atoms with van der Waals surface area (Å²) < 4.78 is 32.5. The minimum atomic E-state index is -3.49. The van der Waals surface area contributed by atoms with E-state index >= 15 is 0 Å². The number of hydrogen-bond acceptors (Lipinski definition) is 5. The molecule has 132 valence electrons. The first kappa shape index (κ1) is 17.4. The van der Waals surface area contributed by atoms with Gasteiger partial charge in [-0.2, -0.15) is 4.31 Å². The van der Waals surface area contributed by atoms with Gasteiger partial charge in [0.1, 0.15) is 12.1 Å². The summed E-state index contributed by atoms with van der Waals surface area (Å²) in [5.74, 6) is -0.187. The Morgan fingerprint density at radius 3 is 2.33 bits per heavy atom. The Morgan fingerprint density at radius 1 is 1.12 bits per heavy atom. The summed E-state index contributed by atoms with van der Waals surface area (Å²) in [4.78, 5) is 14.3. The first-order valence-electron chi connectivity index (χ1n) is 8.31. The number of ether oxygens (including phenoxy) is 1. The second kappa shape index (κ2) is 6.46. The predicted molar refractivity (Wildman–Crippen MR) is 90.2 cm³/mol. The molecule has 2 saturated heterocycles. The Balaban J connectivity index is 1.71. The van der Waals surface area contributed by atoms with Crippen molar-refractivity contribution >= 4 is 16.0 Å². The van der Waals surface area contributed by atoms with Gasteiger partial charge in [0.2, 0.25) is 10.0 Å². The zero-order chi connectivity index (χ0) is 17.5. The lowest BCUT2D eigenvalue weighted by molar-refractivity contribution is -0.145. The van der Waals surface area contributed by atoms with Crippen LogP contribution in [0, 0.1) is 13.8 Å². The molecule has 0 spiro atoms. The van der Waals surface area contributed by atoms with Crippen LogP contribution in [0.25, 0.3) is 0 Å². The molecule has 0 radical (unpaired) electrons. The normalized spacial score (nSPS) is 26.5.